The molecule has 0 fully saturated rings. The number of amides is 2. The van der Waals surface area contributed by atoms with Crippen molar-refractivity contribution in [2.75, 3.05) is 14.1 Å². The van der Waals surface area contributed by atoms with Crippen molar-refractivity contribution in [3.63, 3.8) is 0 Å². The largest absolute Gasteiger partial charge is 0.480 e. The van der Waals surface area contributed by atoms with E-state index in [1.165, 1.54) is 5.01 Å². The van der Waals surface area contributed by atoms with Gasteiger partial charge < -0.3 is 10.4 Å². The predicted molar refractivity (Wildman–Crippen MR) is 56.2 cm³/mol. The molecule has 0 unspecified atom stereocenters. The summed E-state index contributed by atoms with van der Waals surface area (Å²) in [6, 6.07) is -1.35. The molecule has 15 heavy (non-hydrogen) atoms. The molecule has 0 aromatic carbocycles. The van der Waals surface area contributed by atoms with Gasteiger partial charge in [0.15, 0.2) is 0 Å². The Morgan fingerprint density at radius 3 is 2.20 bits per heavy atom. The fraction of sp³-hybridized carbons (Fsp3) is 0.778. The second kappa shape index (κ2) is 6.23. The Morgan fingerprint density at radius 2 is 1.87 bits per heavy atom. The minimum atomic E-state index is -1.02. The number of carboxylic acids is 1. The van der Waals surface area contributed by atoms with Gasteiger partial charge in [-0.15, -0.1) is 0 Å². The average molecular weight is 217 g/mol. The molecular weight excluding hydrogens is 198 g/mol. The van der Waals surface area contributed by atoms with Crippen LogP contribution in [0.5, 0.6) is 0 Å². The van der Waals surface area contributed by atoms with Crippen LogP contribution in [0.4, 0.5) is 4.79 Å². The fourth-order valence-corrected chi connectivity index (χ4v) is 1.09. The first-order chi connectivity index (χ1) is 6.82. The van der Waals surface area contributed by atoms with Gasteiger partial charge in [-0.25, -0.2) is 14.6 Å². The summed E-state index contributed by atoms with van der Waals surface area (Å²) in [6.45, 7) is 3.81. The van der Waals surface area contributed by atoms with E-state index in [4.69, 9.17) is 5.11 Å². The lowest BCUT2D eigenvalue weighted by Crippen LogP contribution is -2.50. The van der Waals surface area contributed by atoms with Crippen molar-refractivity contribution in [1.29, 1.82) is 0 Å². The van der Waals surface area contributed by atoms with Crippen molar-refractivity contribution in [2.45, 2.75) is 26.3 Å². The van der Waals surface area contributed by atoms with Crippen LogP contribution in [0.25, 0.3) is 0 Å². The van der Waals surface area contributed by atoms with Gasteiger partial charge in [0.25, 0.3) is 0 Å². The Kier molecular flexibility index (Phi) is 5.69. The molecule has 0 bridgehead atoms. The molecule has 6 heteroatoms. The van der Waals surface area contributed by atoms with Gasteiger partial charge in [-0.05, 0) is 12.3 Å². The zero-order valence-electron chi connectivity index (χ0n) is 9.57. The van der Waals surface area contributed by atoms with Gasteiger partial charge in [-0.3, -0.25) is 5.43 Å². The molecule has 0 aliphatic heterocycles. The molecular formula is C9H19N3O3. The summed E-state index contributed by atoms with van der Waals surface area (Å²) < 4.78 is 0. The molecule has 0 aliphatic rings. The molecule has 0 radical (unpaired) electrons. The summed E-state index contributed by atoms with van der Waals surface area (Å²) in [6.07, 6.45) is 0.413. The van der Waals surface area contributed by atoms with E-state index in [0.29, 0.717) is 6.42 Å². The van der Waals surface area contributed by atoms with Crippen LogP contribution in [0.3, 0.4) is 0 Å². The van der Waals surface area contributed by atoms with Crippen molar-refractivity contribution in [1.82, 2.24) is 15.8 Å². The molecule has 1 atom stereocenters. The number of hydrogen-bond acceptors (Lipinski definition) is 3. The molecule has 0 heterocycles. The maximum atomic E-state index is 11.2. The molecule has 0 saturated heterocycles. The third-order valence-electron chi connectivity index (χ3n) is 1.64. The standard InChI is InChI=1S/C9H19N3O3/c1-6(2)5-7(8(13)14)10-9(15)11-12(3)4/h6-7H,5H2,1-4H3,(H,13,14)(H2,10,11,15)/t7-/m0/s1. The van der Waals surface area contributed by atoms with Gasteiger partial charge >= 0.3 is 12.0 Å². The highest BCUT2D eigenvalue weighted by Gasteiger charge is 2.20. The molecule has 0 spiro atoms. The summed E-state index contributed by atoms with van der Waals surface area (Å²) >= 11 is 0. The highest BCUT2D eigenvalue weighted by Crippen LogP contribution is 2.04. The number of carbonyl (C=O) groups excluding carboxylic acids is 1. The molecule has 3 N–H and O–H groups in total. The van der Waals surface area contributed by atoms with E-state index in [1.807, 2.05) is 13.8 Å². The topological polar surface area (TPSA) is 81.7 Å². The summed E-state index contributed by atoms with van der Waals surface area (Å²) in [5.41, 5.74) is 2.42. The van der Waals surface area contributed by atoms with Gasteiger partial charge in [0.2, 0.25) is 0 Å². The van der Waals surface area contributed by atoms with Gasteiger partial charge in [0, 0.05) is 14.1 Å². The lowest BCUT2D eigenvalue weighted by Gasteiger charge is -2.18. The van der Waals surface area contributed by atoms with Crippen LogP contribution in [0.15, 0.2) is 0 Å². The number of hydrazine groups is 1. The molecule has 6 nitrogen and oxygen atoms in total. The summed E-state index contributed by atoms with van der Waals surface area (Å²) in [4.78, 5) is 22.0. The van der Waals surface area contributed by atoms with Crippen LogP contribution in [0.2, 0.25) is 0 Å². The number of carboxylic acid groups (broad SMARTS) is 1. The number of rotatable bonds is 5. The lowest BCUT2D eigenvalue weighted by molar-refractivity contribution is -0.139. The van der Waals surface area contributed by atoms with E-state index in [-0.39, 0.29) is 5.92 Å². The number of nitrogens with zero attached hydrogens (tertiary/aromatic N) is 1. The quantitative estimate of drug-likeness (QED) is 0.577. The molecule has 0 aliphatic carbocycles. The Balaban J connectivity index is 4.16. The van der Waals surface area contributed by atoms with E-state index in [2.05, 4.69) is 10.7 Å². The zero-order valence-corrected chi connectivity index (χ0v) is 9.57. The summed E-state index contributed by atoms with van der Waals surface area (Å²) in [7, 11) is 3.30. The summed E-state index contributed by atoms with van der Waals surface area (Å²) in [5, 5.41) is 12.7. The monoisotopic (exact) mass is 217 g/mol. The van der Waals surface area contributed by atoms with Crippen molar-refractivity contribution in [2.24, 2.45) is 5.92 Å². The number of aliphatic carboxylic acids is 1. The highest BCUT2D eigenvalue weighted by molar-refractivity contribution is 5.82. The SMILES string of the molecule is CC(C)C[C@H](NC(=O)NN(C)C)C(=O)O. The van der Waals surface area contributed by atoms with E-state index >= 15 is 0 Å². The van der Waals surface area contributed by atoms with Crippen LogP contribution < -0.4 is 10.7 Å². The maximum Gasteiger partial charge on any atom is 0.330 e. The van der Waals surface area contributed by atoms with E-state index in [9.17, 15) is 9.59 Å². The molecule has 2 amide bonds. The third-order valence-corrected chi connectivity index (χ3v) is 1.64. The van der Waals surface area contributed by atoms with E-state index < -0.39 is 18.0 Å². The van der Waals surface area contributed by atoms with Crippen molar-refractivity contribution in [3.05, 3.63) is 0 Å². The number of carbonyl (C=O) groups is 2. The Bertz CT molecular complexity index is 229. The second-order valence-electron chi connectivity index (χ2n) is 4.00. The second-order valence-corrected chi connectivity index (χ2v) is 4.00. The molecule has 0 saturated carbocycles. The van der Waals surface area contributed by atoms with Crippen LogP contribution in [0.1, 0.15) is 20.3 Å². The first kappa shape index (κ1) is 13.7. The smallest absolute Gasteiger partial charge is 0.330 e. The normalized spacial score (nSPS) is 12.7. The third kappa shape index (κ3) is 6.73. The minimum Gasteiger partial charge on any atom is -0.480 e. The predicted octanol–water partition coefficient (Wildman–Crippen LogP) is 0.262. The van der Waals surface area contributed by atoms with Gasteiger partial charge in [-0.1, -0.05) is 13.8 Å². The minimum absolute atomic E-state index is 0.214. The van der Waals surface area contributed by atoms with Crippen LogP contribution in [0, 0.1) is 5.92 Å². The maximum absolute atomic E-state index is 11.2. The Labute approximate surface area is 89.6 Å². The zero-order chi connectivity index (χ0) is 12.0. The van der Waals surface area contributed by atoms with Crippen LogP contribution >= 0.6 is 0 Å². The average Bonchev–Trinajstić information content (AvgIpc) is 1.99. The number of nitrogens with one attached hydrogen (secondary N) is 2. The first-order valence-electron chi connectivity index (χ1n) is 4.80. The van der Waals surface area contributed by atoms with Crippen molar-refractivity contribution in [3.8, 4) is 0 Å². The number of hydrogen-bond donors (Lipinski definition) is 3. The van der Waals surface area contributed by atoms with Gasteiger partial charge in [-0.2, -0.15) is 0 Å². The molecule has 0 rings (SSSR count). The van der Waals surface area contributed by atoms with E-state index in [1.54, 1.807) is 14.1 Å². The van der Waals surface area contributed by atoms with Crippen LogP contribution in [-0.2, 0) is 4.79 Å². The first-order valence-corrected chi connectivity index (χ1v) is 4.80. The van der Waals surface area contributed by atoms with Crippen molar-refractivity contribution >= 4 is 12.0 Å². The van der Waals surface area contributed by atoms with Gasteiger partial charge in [0.05, 0.1) is 0 Å². The number of urea groups is 1. The lowest BCUT2D eigenvalue weighted by atomic mass is 10.0. The molecule has 0 aromatic rings. The fourth-order valence-electron chi connectivity index (χ4n) is 1.09. The van der Waals surface area contributed by atoms with Crippen molar-refractivity contribution < 1.29 is 14.7 Å². The Morgan fingerprint density at radius 1 is 1.33 bits per heavy atom. The van der Waals surface area contributed by atoms with Crippen LogP contribution in [-0.4, -0.2) is 42.3 Å². The van der Waals surface area contributed by atoms with E-state index in [0.717, 1.165) is 0 Å². The highest BCUT2D eigenvalue weighted by atomic mass is 16.4. The van der Waals surface area contributed by atoms with Gasteiger partial charge in [0.1, 0.15) is 6.04 Å². The molecule has 0 aromatic heterocycles. The Hall–Kier alpha value is -1.30. The molecule has 88 valence electrons. The summed E-state index contributed by atoms with van der Waals surface area (Å²) in [5.74, 6) is -0.802.